The van der Waals surface area contributed by atoms with Crippen LogP contribution in [0.15, 0.2) is 4.99 Å². The van der Waals surface area contributed by atoms with Gasteiger partial charge in [-0.1, -0.05) is 13.8 Å². The molecule has 0 spiro atoms. The molecule has 0 rings (SSSR count). The van der Waals surface area contributed by atoms with Gasteiger partial charge in [0.2, 0.25) is 5.91 Å². The Morgan fingerprint density at radius 2 is 1.83 bits per heavy atom. The number of nitrogens with zero attached hydrogens (tertiary/aromatic N) is 2. The molecule has 0 bridgehead atoms. The van der Waals surface area contributed by atoms with Crippen molar-refractivity contribution in [2.75, 3.05) is 27.2 Å². The first-order valence-corrected chi connectivity index (χ1v) is 6.38. The fraction of sp³-hybridized carbons (Fsp3) is 0.846. The quantitative estimate of drug-likeness (QED) is 0.584. The van der Waals surface area contributed by atoms with Crippen LogP contribution in [0.5, 0.6) is 0 Å². The van der Waals surface area contributed by atoms with Crippen LogP contribution in [0.3, 0.4) is 0 Å². The molecule has 0 aliphatic rings. The lowest BCUT2D eigenvalue weighted by molar-refractivity contribution is -0.127. The van der Waals surface area contributed by atoms with Crippen LogP contribution < -0.4 is 10.6 Å². The second-order valence-electron chi connectivity index (χ2n) is 6.10. The standard InChI is InChI=1S/C13H28N4O/c1-10(2)8-14-12(16-13(3,4)5)15-9-11(18)17(6)7/h10H,8-9H2,1-7H3,(H2,14,15,16). The third-order valence-electron chi connectivity index (χ3n) is 2.04. The Morgan fingerprint density at radius 1 is 1.28 bits per heavy atom. The molecule has 0 fully saturated rings. The first-order valence-electron chi connectivity index (χ1n) is 6.38. The van der Waals surface area contributed by atoms with Crippen LogP contribution in [-0.2, 0) is 4.79 Å². The van der Waals surface area contributed by atoms with Crippen molar-refractivity contribution in [1.29, 1.82) is 0 Å². The lowest BCUT2D eigenvalue weighted by atomic mass is 10.1. The van der Waals surface area contributed by atoms with Gasteiger partial charge in [-0.15, -0.1) is 0 Å². The Kier molecular flexibility index (Phi) is 6.73. The molecule has 0 aliphatic heterocycles. The van der Waals surface area contributed by atoms with E-state index in [1.54, 1.807) is 19.0 Å². The lowest BCUT2D eigenvalue weighted by Crippen LogP contribution is -2.48. The van der Waals surface area contributed by atoms with Gasteiger partial charge in [-0.3, -0.25) is 4.79 Å². The van der Waals surface area contributed by atoms with E-state index in [2.05, 4.69) is 50.2 Å². The van der Waals surface area contributed by atoms with Gasteiger partial charge < -0.3 is 15.5 Å². The minimum absolute atomic E-state index is 0.00504. The van der Waals surface area contributed by atoms with Crippen LogP contribution in [0, 0.1) is 5.92 Å². The van der Waals surface area contributed by atoms with E-state index in [9.17, 15) is 4.79 Å². The normalized spacial score (nSPS) is 12.6. The summed E-state index contributed by atoms with van der Waals surface area (Å²) in [7, 11) is 3.46. The van der Waals surface area contributed by atoms with Gasteiger partial charge in [-0.2, -0.15) is 0 Å². The number of carbonyl (C=O) groups is 1. The van der Waals surface area contributed by atoms with Crippen molar-refractivity contribution in [2.24, 2.45) is 10.9 Å². The minimum atomic E-state index is -0.0794. The molecule has 0 heterocycles. The molecule has 18 heavy (non-hydrogen) atoms. The van der Waals surface area contributed by atoms with E-state index in [4.69, 9.17) is 0 Å². The zero-order valence-corrected chi connectivity index (χ0v) is 12.8. The molecule has 0 saturated heterocycles. The summed E-state index contributed by atoms with van der Waals surface area (Å²) in [6.45, 7) is 11.4. The van der Waals surface area contributed by atoms with Gasteiger partial charge >= 0.3 is 0 Å². The molecule has 106 valence electrons. The van der Waals surface area contributed by atoms with Gasteiger partial charge in [-0.05, 0) is 26.7 Å². The highest BCUT2D eigenvalue weighted by Gasteiger charge is 2.13. The van der Waals surface area contributed by atoms with E-state index >= 15 is 0 Å². The number of hydrogen-bond donors (Lipinski definition) is 2. The molecule has 2 N–H and O–H groups in total. The van der Waals surface area contributed by atoms with Crippen molar-refractivity contribution < 1.29 is 4.79 Å². The summed E-state index contributed by atoms with van der Waals surface area (Å²) >= 11 is 0. The Hall–Kier alpha value is -1.26. The number of carbonyl (C=O) groups excluding carboxylic acids is 1. The fourth-order valence-electron chi connectivity index (χ4n) is 1.08. The predicted octanol–water partition coefficient (Wildman–Crippen LogP) is 1.06. The van der Waals surface area contributed by atoms with E-state index in [-0.39, 0.29) is 18.0 Å². The molecule has 0 saturated carbocycles. The molecule has 0 radical (unpaired) electrons. The molecular formula is C13H28N4O. The van der Waals surface area contributed by atoms with Gasteiger partial charge in [0, 0.05) is 26.2 Å². The number of aliphatic imine (C=N–C) groups is 1. The van der Waals surface area contributed by atoms with Crippen LogP contribution >= 0.6 is 0 Å². The van der Waals surface area contributed by atoms with E-state index < -0.39 is 0 Å². The molecule has 1 amide bonds. The van der Waals surface area contributed by atoms with E-state index in [1.165, 1.54) is 0 Å². The highest BCUT2D eigenvalue weighted by atomic mass is 16.2. The van der Waals surface area contributed by atoms with E-state index in [0.717, 1.165) is 6.54 Å². The maximum atomic E-state index is 11.5. The molecule has 5 heteroatoms. The zero-order chi connectivity index (χ0) is 14.3. The highest BCUT2D eigenvalue weighted by molar-refractivity contribution is 5.85. The molecule has 0 aromatic heterocycles. The first-order chi connectivity index (χ1) is 8.11. The molecule has 0 aromatic rings. The summed E-state index contributed by atoms with van der Waals surface area (Å²) in [5.74, 6) is 1.21. The van der Waals surface area contributed by atoms with E-state index in [0.29, 0.717) is 11.9 Å². The van der Waals surface area contributed by atoms with Crippen molar-refractivity contribution in [2.45, 2.75) is 40.2 Å². The smallest absolute Gasteiger partial charge is 0.243 e. The molecule has 5 nitrogen and oxygen atoms in total. The number of guanidine groups is 1. The highest BCUT2D eigenvalue weighted by Crippen LogP contribution is 1.98. The Labute approximate surface area is 111 Å². The summed E-state index contributed by atoms with van der Waals surface area (Å²) in [5.41, 5.74) is -0.0794. The SMILES string of the molecule is CC(C)CNC(=NCC(=O)N(C)C)NC(C)(C)C. The van der Waals surface area contributed by atoms with Crippen molar-refractivity contribution in [3.05, 3.63) is 0 Å². The van der Waals surface area contributed by atoms with Crippen LogP contribution in [0.4, 0.5) is 0 Å². The fourth-order valence-corrected chi connectivity index (χ4v) is 1.08. The molecule has 0 unspecified atom stereocenters. The average Bonchev–Trinajstić information content (AvgIpc) is 2.19. The molecule has 0 aliphatic carbocycles. The van der Waals surface area contributed by atoms with Crippen molar-refractivity contribution >= 4 is 11.9 Å². The van der Waals surface area contributed by atoms with Crippen LogP contribution in [0.25, 0.3) is 0 Å². The third kappa shape index (κ3) is 8.84. The van der Waals surface area contributed by atoms with Gasteiger partial charge in [0.1, 0.15) is 6.54 Å². The van der Waals surface area contributed by atoms with Gasteiger partial charge in [-0.25, -0.2) is 4.99 Å². The first kappa shape index (κ1) is 16.7. The van der Waals surface area contributed by atoms with Crippen molar-refractivity contribution in [1.82, 2.24) is 15.5 Å². The number of rotatable bonds is 4. The average molecular weight is 256 g/mol. The number of likely N-dealkylation sites (N-methyl/N-ethyl adjacent to an activating group) is 1. The second-order valence-corrected chi connectivity index (χ2v) is 6.10. The third-order valence-corrected chi connectivity index (χ3v) is 2.04. The lowest BCUT2D eigenvalue weighted by Gasteiger charge is -2.24. The Morgan fingerprint density at radius 3 is 2.22 bits per heavy atom. The summed E-state index contributed by atoms with van der Waals surface area (Å²) in [6.07, 6.45) is 0. The predicted molar refractivity (Wildman–Crippen MR) is 76.7 cm³/mol. The summed E-state index contributed by atoms with van der Waals surface area (Å²) in [4.78, 5) is 17.4. The minimum Gasteiger partial charge on any atom is -0.356 e. The topological polar surface area (TPSA) is 56.7 Å². The Bertz CT molecular complexity index is 290. The monoisotopic (exact) mass is 256 g/mol. The maximum Gasteiger partial charge on any atom is 0.243 e. The number of amides is 1. The summed E-state index contributed by atoms with van der Waals surface area (Å²) in [5, 5.41) is 6.51. The van der Waals surface area contributed by atoms with Crippen molar-refractivity contribution in [3.8, 4) is 0 Å². The van der Waals surface area contributed by atoms with E-state index in [1.807, 2.05) is 0 Å². The van der Waals surface area contributed by atoms with Crippen LogP contribution in [0.2, 0.25) is 0 Å². The maximum absolute atomic E-state index is 11.5. The van der Waals surface area contributed by atoms with Gasteiger partial charge in [0.25, 0.3) is 0 Å². The largest absolute Gasteiger partial charge is 0.356 e. The van der Waals surface area contributed by atoms with Crippen LogP contribution in [0.1, 0.15) is 34.6 Å². The molecular weight excluding hydrogens is 228 g/mol. The Balaban J connectivity index is 4.54. The van der Waals surface area contributed by atoms with Crippen LogP contribution in [-0.4, -0.2) is 49.5 Å². The van der Waals surface area contributed by atoms with Crippen molar-refractivity contribution in [3.63, 3.8) is 0 Å². The number of hydrogen-bond acceptors (Lipinski definition) is 2. The molecule has 0 aromatic carbocycles. The summed E-state index contributed by atoms with van der Waals surface area (Å²) < 4.78 is 0. The second kappa shape index (κ2) is 7.24. The van der Waals surface area contributed by atoms with Gasteiger partial charge in [0.15, 0.2) is 5.96 Å². The number of nitrogens with one attached hydrogen (secondary N) is 2. The van der Waals surface area contributed by atoms with Gasteiger partial charge in [0.05, 0.1) is 0 Å². The molecule has 0 atom stereocenters. The zero-order valence-electron chi connectivity index (χ0n) is 12.8. The summed E-state index contributed by atoms with van der Waals surface area (Å²) in [6, 6.07) is 0.